The number of piperidine rings is 1. The average molecular weight is 988 g/mol. The fraction of sp³-hybridized carbons (Fsp3) is 0.615. The van der Waals surface area contributed by atoms with Gasteiger partial charge in [-0.15, -0.1) is 0 Å². The van der Waals surface area contributed by atoms with Crippen LogP contribution in [0.15, 0.2) is 48.6 Å². The third-order valence-corrected chi connectivity index (χ3v) is 19.0. The first-order valence-electron chi connectivity index (χ1n) is 24.9. The van der Waals surface area contributed by atoms with Gasteiger partial charge in [0.15, 0.2) is 6.10 Å². The predicted molar refractivity (Wildman–Crippen MR) is 262 cm³/mol. The van der Waals surface area contributed by atoms with Crippen LogP contribution in [-0.2, 0) is 64.3 Å². The van der Waals surface area contributed by atoms with Crippen molar-refractivity contribution in [2.24, 2.45) is 11.3 Å². The van der Waals surface area contributed by atoms with E-state index in [0.29, 0.717) is 87.5 Å². The molecule has 2 bridgehead atoms. The maximum absolute atomic E-state index is 15.7. The summed E-state index contributed by atoms with van der Waals surface area (Å²) in [6.07, 6.45) is 5.13. The van der Waals surface area contributed by atoms with E-state index in [-0.39, 0.29) is 31.6 Å². The molecule has 1 amide bonds. The zero-order chi connectivity index (χ0) is 50.2. The first-order chi connectivity index (χ1) is 33.4. The minimum atomic E-state index is -3.72. The summed E-state index contributed by atoms with van der Waals surface area (Å²) >= 11 is 0. The number of carbonyl (C=O) groups is 4. The van der Waals surface area contributed by atoms with Crippen LogP contribution < -0.4 is 15.0 Å². The van der Waals surface area contributed by atoms with Crippen LogP contribution in [0.25, 0.3) is 10.9 Å². The number of H-pyrrole nitrogens is 1. The van der Waals surface area contributed by atoms with Crippen molar-refractivity contribution in [3.05, 3.63) is 70.9 Å². The molecule has 3 aromatic rings. The number of anilines is 1. The lowest BCUT2D eigenvalue weighted by atomic mass is 9.47. The molecule has 1 saturated carbocycles. The van der Waals surface area contributed by atoms with Crippen LogP contribution >= 0.6 is 7.60 Å². The number of esters is 3. The highest BCUT2D eigenvalue weighted by molar-refractivity contribution is 7.54. The highest BCUT2D eigenvalue weighted by Crippen LogP contribution is 2.68. The third-order valence-electron chi connectivity index (χ3n) is 17.0. The Morgan fingerprint density at radius 2 is 1.66 bits per heavy atom. The zero-order valence-electron chi connectivity index (χ0n) is 42.1. The molecule has 6 aliphatic rings. The van der Waals surface area contributed by atoms with Gasteiger partial charge in [-0.1, -0.05) is 44.2 Å². The maximum atomic E-state index is 15.7. The molecule has 18 heteroatoms. The number of ether oxygens (including phenoxy) is 4. The van der Waals surface area contributed by atoms with Crippen LogP contribution in [0.1, 0.15) is 89.1 Å². The van der Waals surface area contributed by atoms with Gasteiger partial charge in [0, 0.05) is 90.9 Å². The number of benzene rings is 2. The summed E-state index contributed by atoms with van der Waals surface area (Å²) < 4.78 is 48.9. The number of likely N-dealkylation sites (N-methyl/N-ethyl adjacent to an activating group) is 1. The summed E-state index contributed by atoms with van der Waals surface area (Å²) in [5, 5.41) is 17.8. The smallest absolute Gasteiger partial charge is 0.344 e. The van der Waals surface area contributed by atoms with E-state index in [2.05, 4.69) is 32.2 Å². The Kier molecular flexibility index (Phi) is 13.2. The highest BCUT2D eigenvalue weighted by atomic mass is 31.2. The number of aliphatic hydroxyl groups is 1. The summed E-state index contributed by atoms with van der Waals surface area (Å²) in [5.41, 5.74) is -2.08. The second-order valence-corrected chi connectivity index (χ2v) is 22.5. The monoisotopic (exact) mass is 987 g/mol. The summed E-state index contributed by atoms with van der Waals surface area (Å²) in [5.74, 6) is -2.28. The summed E-state index contributed by atoms with van der Waals surface area (Å²) in [7, 11) is 2.35. The fourth-order valence-electron chi connectivity index (χ4n) is 14.7. The predicted octanol–water partition coefficient (Wildman–Crippen LogP) is 5.38. The number of aromatic amines is 1. The number of amides is 1. The number of rotatable bonds is 14. The molecule has 70 heavy (non-hydrogen) atoms. The molecule has 380 valence electrons. The van der Waals surface area contributed by atoms with Crippen molar-refractivity contribution in [1.29, 1.82) is 0 Å². The van der Waals surface area contributed by atoms with Gasteiger partial charge in [0.1, 0.15) is 17.3 Å². The van der Waals surface area contributed by atoms with Crippen molar-refractivity contribution in [3.63, 3.8) is 0 Å². The second kappa shape index (κ2) is 18.4. The lowest BCUT2D eigenvalue weighted by Crippen LogP contribution is -2.81. The van der Waals surface area contributed by atoms with E-state index in [1.807, 2.05) is 62.2 Å². The van der Waals surface area contributed by atoms with Crippen LogP contribution in [0.5, 0.6) is 5.75 Å². The molecule has 1 aliphatic carbocycles. The Bertz CT molecular complexity index is 2650. The van der Waals surface area contributed by atoms with Gasteiger partial charge in [-0.05, 0) is 88.1 Å². The molecule has 3 fully saturated rings. The molecule has 1 spiro atoms. The number of fused-ring (bicyclic) bond motifs is 6. The highest BCUT2D eigenvalue weighted by Gasteiger charge is 2.80. The molecule has 2 aromatic carbocycles. The van der Waals surface area contributed by atoms with E-state index in [0.717, 1.165) is 22.0 Å². The fourth-order valence-corrected chi connectivity index (χ4v) is 16.2. The average Bonchev–Trinajstić information content (AvgIpc) is 4.00. The van der Waals surface area contributed by atoms with Crippen LogP contribution in [-0.4, -0.2) is 154 Å². The van der Waals surface area contributed by atoms with Gasteiger partial charge in [-0.3, -0.25) is 23.8 Å². The molecule has 17 nitrogen and oxygen atoms in total. The van der Waals surface area contributed by atoms with Crippen molar-refractivity contribution in [2.45, 2.75) is 113 Å². The van der Waals surface area contributed by atoms with Crippen molar-refractivity contribution in [2.75, 3.05) is 85.4 Å². The van der Waals surface area contributed by atoms with E-state index in [9.17, 15) is 24.1 Å². The molecule has 5 aliphatic heterocycles. The standard InChI is InChI=1S/C52H70N5O12P/c1-10-48(54-41(59)30-70(63,67-12-3)68-13-4)27-33-28-51(46(60)65-8,42-35(19-23-56(29-33)31-48)34-17-14-15-18-38(34)53-42)37-25-36-39(26-40(37)64-7)55(6)44-50(36)21-24-57-22-16-20-49(11-2,43(50)57)45(69-32(5)58)52(44,62)47(61)66-9/h14-18,20,25-26,33,43-45,53,62H,10-13,19,21-24,27-31H2,1-9H3,(H,54,59)/t33-,43-,44+,45+,48-,49+,50+,51-,52-/m0/s1. The molecule has 3 N–H and O–H groups in total. The number of aromatic nitrogens is 1. The van der Waals surface area contributed by atoms with Gasteiger partial charge in [0.05, 0.1) is 46.1 Å². The van der Waals surface area contributed by atoms with Gasteiger partial charge in [-0.2, -0.15) is 0 Å². The van der Waals surface area contributed by atoms with Crippen molar-refractivity contribution in [3.8, 4) is 5.75 Å². The van der Waals surface area contributed by atoms with Gasteiger partial charge >= 0.3 is 25.5 Å². The molecule has 1 aromatic heterocycles. The van der Waals surface area contributed by atoms with Crippen LogP contribution in [0.3, 0.4) is 0 Å². The molecule has 2 saturated heterocycles. The van der Waals surface area contributed by atoms with Gasteiger partial charge in [0.25, 0.3) is 0 Å². The molecule has 9 rings (SSSR count). The lowest BCUT2D eigenvalue weighted by Gasteiger charge is -2.63. The van der Waals surface area contributed by atoms with Crippen LogP contribution in [0.2, 0.25) is 0 Å². The number of nitrogens with zero attached hydrogens (tertiary/aromatic N) is 3. The Balaban J connectivity index is 1.28. The van der Waals surface area contributed by atoms with E-state index >= 15 is 4.79 Å². The molecular weight excluding hydrogens is 918 g/mol. The number of hydrogen-bond donors (Lipinski definition) is 3. The number of nitrogens with one attached hydrogen (secondary N) is 2. The van der Waals surface area contributed by atoms with Crippen molar-refractivity contribution in [1.82, 2.24) is 20.1 Å². The molecule has 0 radical (unpaired) electrons. The van der Waals surface area contributed by atoms with E-state index < -0.39 is 77.1 Å². The summed E-state index contributed by atoms with van der Waals surface area (Å²) in [6, 6.07) is 10.7. The molecule has 1 unspecified atom stereocenters. The Labute approximate surface area is 410 Å². The van der Waals surface area contributed by atoms with Crippen molar-refractivity contribution < 1.29 is 56.8 Å². The second-order valence-electron chi connectivity index (χ2n) is 20.4. The minimum Gasteiger partial charge on any atom is -0.496 e. The van der Waals surface area contributed by atoms with Gasteiger partial charge in [-0.25, -0.2) is 4.79 Å². The topological polar surface area (TPSA) is 198 Å². The first-order valence-corrected chi connectivity index (χ1v) is 26.6. The first kappa shape index (κ1) is 50.2. The number of para-hydroxylation sites is 1. The van der Waals surface area contributed by atoms with Crippen LogP contribution in [0, 0.1) is 11.3 Å². The van der Waals surface area contributed by atoms with Crippen LogP contribution in [0.4, 0.5) is 5.69 Å². The maximum Gasteiger partial charge on any atom is 0.344 e. The van der Waals surface area contributed by atoms with E-state index in [1.54, 1.807) is 21.0 Å². The molecule has 6 heterocycles. The lowest BCUT2D eigenvalue weighted by molar-refractivity contribution is -0.228. The molecular formula is C52H70N5O12P. The Morgan fingerprint density at radius 1 is 0.929 bits per heavy atom. The Hall–Kier alpha value is -4.77. The number of carbonyl (C=O) groups excluding carboxylic acids is 4. The van der Waals surface area contributed by atoms with Gasteiger partial charge in [0.2, 0.25) is 11.5 Å². The van der Waals surface area contributed by atoms with Crippen molar-refractivity contribution >= 4 is 48.0 Å². The SMILES string of the molecule is CCOP(=O)(CC(=O)N[C@@]1(CC)C[C@@H]2CN(CCc3c([nH]c4ccccc34)[C@@](C(=O)OC)(c3cc4c(cc3OC)N(C)[C@H]3[C@@](O)(C(=O)OC)[C@H](OC(C)=O)[C@]5(CC)C=CCN6CC[C@]43[C@@H]65)C2)C1)OCC. The summed E-state index contributed by atoms with van der Waals surface area (Å²) in [6.45, 7) is 12.0. The normalized spacial score (nSPS) is 33.2. The zero-order valence-corrected chi connectivity index (χ0v) is 42.9. The van der Waals surface area contributed by atoms with Gasteiger partial charge < -0.3 is 53.2 Å². The minimum absolute atomic E-state index is 0.129. The Morgan fingerprint density at radius 3 is 2.31 bits per heavy atom. The quantitative estimate of drug-likeness (QED) is 0.0805. The largest absolute Gasteiger partial charge is 0.496 e. The third kappa shape index (κ3) is 7.29. The summed E-state index contributed by atoms with van der Waals surface area (Å²) in [4.78, 5) is 67.9. The number of methoxy groups -OCH3 is 3. The van der Waals surface area contributed by atoms with E-state index in [4.69, 9.17) is 28.0 Å². The number of hydrogen-bond acceptors (Lipinski definition) is 15. The van der Waals surface area contributed by atoms with E-state index in [1.165, 1.54) is 21.1 Å². The molecule has 10 atom stereocenters.